The van der Waals surface area contributed by atoms with Gasteiger partial charge in [0.25, 0.3) is 0 Å². The molecular weight excluding hydrogens is 264 g/mol. The number of nitrogens with one attached hydrogen (secondary N) is 1. The number of hydrogen-bond donors (Lipinski definition) is 2. The molecule has 1 atom stereocenters. The number of benzene rings is 1. The molecule has 1 saturated carbocycles. The third kappa shape index (κ3) is 4.11. The zero-order valence-electron chi connectivity index (χ0n) is 13.2. The highest BCUT2D eigenvalue weighted by Gasteiger charge is 2.25. The van der Waals surface area contributed by atoms with Crippen LogP contribution >= 0.6 is 0 Å². The summed E-state index contributed by atoms with van der Waals surface area (Å²) in [6.45, 7) is 5.24. The first-order valence-corrected chi connectivity index (χ1v) is 8.15. The van der Waals surface area contributed by atoms with Gasteiger partial charge in [-0.1, -0.05) is 25.3 Å². The number of ether oxygens (including phenoxy) is 2. The molecule has 0 aromatic heterocycles. The summed E-state index contributed by atoms with van der Waals surface area (Å²) in [5, 5.41) is 0. The largest absolute Gasteiger partial charge is 0.490 e. The Morgan fingerprint density at radius 2 is 1.76 bits per heavy atom. The van der Waals surface area contributed by atoms with Gasteiger partial charge in [0.05, 0.1) is 13.2 Å². The van der Waals surface area contributed by atoms with Gasteiger partial charge in [0.15, 0.2) is 11.5 Å². The maximum atomic E-state index is 5.83. The molecule has 118 valence electrons. The van der Waals surface area contributed by atoms with Gasteiger partial charge in [0, 0.05) is 6.04 Å². The van der Waals surface area contributed by atoms with E-state index in [0.29, 0.717) is 19.1 Å². The van der Waals surface area contributed by atoms with E-state index in [1.165, 1.54) is 37.7 Å². The maximum absolute atomic E-state index is 5.83. The standard InChI is InChI=1S/C17H28N2O2/c1-3-20-15-11-10-14(12-16(15)21-4-2)17(19-18)13-8-6-5-7-9-13/h10-13,17,19H,3-9,18H2,1-2H3. The first kappa shape index (κ1) is 16.1. The third-order valence-corrected chi connectivity index (χ3v) is 4.23. The quantitative estimate of drug-likeness (QED) is 0.596. The first-order valence-electron chi connectivity index (χ1n) is 8.15. The molecule has 0 spiro atoms. The Morgan fingerprint density at radius 1 is 1.10 bits per heavy atom. The second kappa shape index (κ2) is 8.25. The highest BCUT2D eigenvalue weighted by atomic mass is 16.5. The molecule has 1 aliphatic rings. The van der Waals surface area contributed by atoms with Crippen molar-refractivity contribution in [1.29, 1.82) is 0 Å². The van der Waals surface area contributed by atoms with Crippen molar-refractivity contribution < 1.29 is 9.47 Å². The van der Waals surface area contributed by atoms with Crippen molar-refractivity contribution >= 4 is 0 Å². The van der Waals surface area contributed by atoms with Crippen LogP contribution in [0, 0.1) is 5.92 Å². The number of hydrazine groups is 1. The number of nitrogens with two attached hydrogens (primary N) is 1. The van der Waals surface area contributed by atoms with Gasteiger partial charge in [0.2, 0.25) is 0 Å². The highest BCUT2D eigenvalue weighted by molar-refractivity contribution is 5.44. The van der Waals surface area contributed by atoms with E-state index in [1.54, 1.807) is 0 Å². The van der Waals surface area contributed by atoms with Gasteiger partial charge < -0.3 is 9.47 Å². The van der Waals surface area contributed by atoms with Crippen LogP contribution in [0.5, 0.6) is 11.5 Å². The molecule has 0 amide bonds. The molecule has 2 rings (SSSR count). The van der Waals surface area contributed by atoms with Crippen LogP contribution in [0.2, 0.25) is 0 Å². The topological polar surface area (TPSA) is 56.5 Å². The van der Waals surface area contributed by atoms with Crippen molar-refractivity contribution in [2.45, 2.75) is 52.0 Å². The predicted octanol–water partition coefficient (Wildman–Crippen LogP) is 3.57. The molecule has 1 aromatic carbocycles. The van der Waals surface area contributed by atoms with Crippen molar-refractivity contribution in [2.75, 3.05) is 13.2 Å². The molecule has 4 heteroatoms. The number of hydrogen-bond acceptors (Lipinski definition) is 4. The SMILES string of the molecule is CCOc1ccc(C(NN)C2CCCCC2)cc1OCC. The van der Waals surface area contributed by atoms with Gasteiger partial charge in [0.1, 0.15) is 0 Å². The van der Waals surface area contributed by atoms with Crippen molar-refractivity contribution in [3.8, 4) is 11.5 Å². The number of rotatable bonds is 7. The van der Waals surface area contributed by atoms with E-state index in [1.807, 2.05) is 19.9 Å². The van der Waals surface area contributed by atoms with Crippen molar-refractivity contribution in [3.63, 3.8) is 0 Å². The minimum Gasteiger partial charge on any atom is -0.490 e. The van der Waals surface area contributed by atoms with Gasteiger partial charge in [-0.15, -0.1) is 0 Å². The van der Waals surface area contributed by atoms with E-state index in [9.17, 15) is 0 Å². The van der Waals surface area contributed by atoms with Crippen LogP contribution in [0.15, 0.2) is 18.2 Å². The van der Waals surface area contributed by atoms with Crippen LogP contribution in [-0.4, -0.2) is 13.2 Å². The molecule has 0 aliphatic heterocycles. The summed E-state index contributed by atoms with van der Waals surface area (Å²) < 4.78 is 11.3. The van der Waals surface area contributed by atoms with Crippen molar-refractivity contribution in [3.05, 3.63) is 23.8 Å². The van der Waals surface area contributed by atoms with E-state index in [4.69, 9.17) is 15.3 Å². The lowest BCUT2D eigenvalue weighted by Crippen LogP contribution is -2.34. The van der Waals surface area contributed by atoms with Crippen LogP contribution in [0.1, 0.15) is 57.6 Å². The van der Waals surface area contributed by atoms with Crippen LogP contribution < -0.4 is 20.7 Å². The molecule has 1 aliphatic carbocycles. The Balaban J connectivity index is 2.21. The minimum absolute atomic E-state index is 0.195. The molecule has 0 heterocycles. The second-order valence-electron chi connectivity index (χ2n) is 5.61. The molecule has 0 radical (unpaired) electrons. The molecule has 1 aromatic rings. The lowest BCUT2D eigenvalue weighted by atomic mass is 9.81. The van der Waals surface area contributed by atoms with Crippen molar-refractivity contribution in [1.82, 2.24) is 5.43 Å². The van der Waals surface area contributed by atoms with Crippen LogP contribution in [0.25, 0.3) is 0 Å². The minimum atomic E-state index is 0.195. The maximum Gasteiger partial charge on any atom is 0.161 e. The first-order chi connectivity index (χ1) is 10.3. The summed E-state index contributed by atoms with van der Waals surface area (Å²) in [7, 11) is 0. The van der Waals surface area contributed by atoms with Gasteiger partial charge in [-0.25, -0.2) is 0 Å². The zero-order chi connectivity index (χ0) is 15.1. The summed E-state index contributed by atoms with van der Waals surface area (Å²) in [6, 6.07) is 6.37. The molecule has 3 N–H and O–H groups in total. The van der Waals surface area contributed by atoms with E-state index in [2.05, 4.69) is 17.6 Å². The summed E-state index contributed by atoms with van der Waals surface area (Å²) in [6.07, 6.45) is 6.44. The second-order valence-corrected chi connectivity index (χ2v) is 5.61. The smallest absolute Gasteiger partial charge is 0.161 e. The lowest BCUT2D eigenvalue weighted by molar-refractivity contribution is 0.269. The Morgan fingerprint density at radius 3 is 2.38 bits per heavy atom. The summed E-state index contributed by atoms with van der Waals surface area (Å²) in [4.78, 5) is 0. The van der Waals surface area contributed by atoms with E-state index in [-0.39, 0.29) is 6.04 Å². The molecular formula is C17H28N2O2. The third-order valence-electron chi connectivity index (χ3n) is 4.23. The fourth-order valence-corrected chi connectivity index (χ4v) is 3.23. The fraction of sp³-hybridized carbons (Fsp3) is 0.647. The monoisotopic (exact) mass is 292 g/mol. The lowest BCUT2D eigenvalue weighted by Gasteiger charge is -2.30. The van der Waals surface area contributed by atoms with Crippen LogP contribution in [0.3, 0.4) is 0 Å². The summed E-state index contributed by atoms with van der Waals surface area (Å²) in [5.41, 5.74) is 4.20. The van der Waals surface area contributed by atoms with Gasteiger partial charge in [-0.3, -0.25) is 11.3 Å². The zero-order valence-corrected chi connectivity index (χ0v) is 13.2. The van der Waals surface area contributed by atoms with E-state index < -0.39 is 0 Å². The molecule has 1 unspecified atom stereocenters. The van der Waals surface area contributed by atoms with Gasteiger partial charge in [-0.2, -0.15) is 0 Å². The fourth-order valence-electron chi connectivity index (χ4n) is 3.23. The van der Waals surface area contributed by atoms with Crippen LogP contribution in [0.4, 0.5) is 0 Å². The normalized spacial score (nSPS) is 17.5. The van der Waals surface area contributed by atoms with Gasteiger partial charge >= 0.3 is 0 Å². The van der Waals surface area contributed by atoms with Crippen LogP contribution in [-0.2, 0) is 0 Å². The average molecular weight is 292 g/mol. The molecule has 21 heavy (non-hydrogen) atoms. The Hall–Kier alpha value is -1.26. The Kier molecular flexibility index (Phi) is 6.33. The summed E-state index contributed by atoms with van der Waals surface area (Å²) in [5.74, 6) is 8.06. The predicted molar refractivity (Wildman–Crippen MR) is 85.4 cm³/mol. The molecule has 0 saturated heterocycles. The Labute approximate surface area is 128 Å². The molecule has 4 nitrogen and oxygen atoms in total. The molecule has 0 bridgehead atoms. The molecule has 1 fully saturated rings. The van der Waals surface area contributed by atoms with E-state index in [0.717, 1.165) is 11.5 Å². The summed E-state index contributed by atoms with van der Waals surface area (Å²) >= 11 is 0. The van der Waals surface area contributed by atoms with Gasteiger partial charge in [-0.05, 0) is 50.3 Å². The highest BCUT2D eigenvalue weighted by Crippen LogP contribution is 2.37. The average Bonchev–Trinajstić information content (AvgIpc) is 2.52. The van der Waals surface area contributed by atoms with E-state index >= 15 is 0 Å². The van der Waals surface area contributed by atoms with Crippen molar-refractivity contribution in [2.24, 2.45) is 11.8 Å². The Bertz CT molecular complexity index is 431.